The molecule has 0 heterocycles. The first-order valence-corrected chi connectivity index (χ1v) is 6.91. The minimum atomic E-state index is 0.579. The van der Waals surface area contributed by atoms with Crippen LogP contribution in [0.1, 0.15) is 58.8 Å². The van der Waals surface area contributed by atoms with Gasteiger partial charge in [-0.05, 0) is 30.6 Å². The van der Waals surface area contributed by atoms with Gasteiger partial charge in [-0.25, -0.2) is 0 Å². The van der Waals surface area contributed by atoms with Crippen molar-refractivity contribution >= 4 is 15.9 Å². The third-order valence-electron chi connectivity index (χ3n) is 3.72. The van der Waals surface area contributed by atoms with Crippen LogP contribution in [0.25, 0.3) is 0 Å². The van der Waals surface area contributed by atoms with Gasteiger partial charge in [0, 0.05) is 5.33 Å². The summed E-state index contributed by atoms with van der Waals surface area (Å²) in [6, 6.07) is 0. The first-order valence-electron chi connectivity index (χ1n) is 5.79. The summed E-state index contributed by atoms with van der Waals surface area (Å²) in [4.78, 5) is 0. The highest BCUT2D eigenvalue weighted by Gasteiger charge is 2.32. The van der Waals surface area contributed by atoms with Crippen LogP contribution < -0.4 is 0 Å². The molecule has 0 amide bonds. The maximum absolute atomic E-state index is 3.71. The Bertz CT molecular complexity index is 138. The van der Waals surface area contributed by atoms with Crippen molar-refractivity contribution in [1.29, 1.82) is 0 Å². The average molecular weight is 247 g/mol. The smallest absolute Gasteiger partial charge is 0.00879 e. The molecule has 0 saturated heterocycles. The zero-order valence-electron chi connectivity index (χ0n) is 9.11. The molecule has 0 radical (unpaired) electrons. The van der Waals surface area contributed by atoms with Crippen LogP contribution >= 0.6 is 15.9 Å². The molecule has 0 spiro atoms. The topological polar surface area (TPSA) is 0 Å². The Morgan fingerprint density at radius 3 is 2.31 bits per heavy atom. The summed E-state index contributed by atoms with van der Waals surface area (Å²) in [5.74, 6) is 0.987. The summed E-state index contributed by atoms with van der Waals surface area (Å²) in [6.07, 6.45) is 10.1. The SMILES string of the molecule is CCCC(C)(CBr)C1CCCCC1. The van der Waals surface area contributed by atoms with Crippen molar-refractivity contribution in [2.24, 2.45) is 11.3 Å². The molecule has 0 bridgehead atoms. The van der Waals surface area contributed by atoms with Crippen molar-refractivity contribution in [2.75, 3.05) is 5.33 Å². The fourth-order valence-electron chi connectivity index (χ4n) is 2.75. The van der Waals surface area contributed by atoms with Crippen molar-refractivity contribution < 1.29 is 0 Å². The van der Waals surface area contributed by atoms with E-state index in [0.29, 0.717) is 5.41 Å². The normalized spacial score (nSPS) is 24.2. The molecule has 1 heteroatoms. The maximum atomic E-state index is 3.71. The molecule has 0 aromatic heterocycles. The van der Waals surface area contributed by atoms with Gasteiger partial charge in [-0.15, -0.1) is 0 Å². The summed E-state index contributed by atoms with van der Waals surface area (Å²) in [5, 5.41) is 1.19. The molecular weight excluding hydrogens is 224 g/mol. The van der Waals surface area contributed by atoms with E-state index < -0.39 is 0 Å². The summed E-state index contributed by atoms with van der Waals surface area (Å²) >= 11 is 3.71. The fraction of sp³-hybridized carbons (Fsp3) is 1.00. The van der Waals surface area contributed by atoms with Crippen LogP contribution in [0.5, 0.6) is 0 Å². The number of alkyl halides is 1. The van der Waals surface area contributed by atoms with Gasteiger partial charge >= 0.3 is 0 Å². The third-order valence-corrected chi connectivity index (χ3v) is 5.00. The van der Waals surface area contributed by atoms with Gasteiger partial charge in [0.2, 0.25) is 0 Å². The third kappa shape index (κ3) is 2.97. The van der Waals surface area contributed by atoms with Crippen LogP contribution in [0.4, 0.5) is 0 Å². The lowest BCUT2D eigenvalue weighted by molar-refractivity contribution is 0.151. The molecule has 1 rings (SSSR count). The fourth-order valence-corrected chi connectivity index (χ4v) is 3.49. The van der Waals surface area contributed by atoms with E-state index in [1.54, 1.807) is 0 Å². The number of rotatable bonds is 4. The Balaban J connectivity index is 2.51. The molecule has 1 fully saturated rings. The van der Waals surface area contributed by atoms with Gasteiger partial charge in [0.15, 0.2) is 0 Å². The monoisotopic (exact) mass is 246 g/mol. The van der Waals surface area contributed by atoms with E-state index in [1.807, 2.05) is 0 Å². The van der Waals surface area contributed by atoms with Gasteiger partial charge in [-0.1, -0.05) is 55.5 Å². The minimum absolute atomic E-state index is 0.579. The predicted molar refractivity (Wildman–Crippen MR) is 63.4 cm³/mol. The molecule has 0 N–H and O–H groups in total. The van der Waals surface area contributed by atoms with E-state index in [9.17, 15) is 0 Å². The molecule has 0 aromatic rings. The molecular formula is C12H23Br. The minimum Gasteiger partial charge on any atom is -0.0922 e. The van der Waals surface area contributed by atoms with E-state index in [0.717, 1.165) is 5.92 Å². The second-order valence-electron chi connectivity index (χ2n) is 4.87. The van der Waals surface area contributed by atoms with Gasteiger partial charge in [-0.3, -0.25) is 0 Å². The van der Waals surface area contributed by atoms with Crippen molar-refractivity contribution in [1.82, 2.24) is 0 Å². The molecule has 0 nitrogen and oxygen atoms in total. The highest BCUT2D eigenvalue weighted by Crippen LogP contribution is 2.42. The number of hydrogen-bond donors (Lipinski definition) is 0. The molecule has 1 aliphatic rings. The maximum Gasteiger partial charge on any atom is 0.00879 e. The molecule has 13 heavy (non-hydrogen) atoms. The summed E-state index contributed by atoms with van der Waals surface area (Å²) in [5.41, 5.74) is 0.579. The second kappa shape index (κ2) is 5.38. The van der Waals surface area contributed by atoms with E-state index in [4.69, 9.17) is 0 Å². The molecule has 1 saturated carbocycles. The zero-order chi connectivity index (χ0) is 9.73. The van der Waals surface area contributed by atoms with Gasteiger partial charge in [0.25, 0.3) is 0 Å². The summed E-state index contributed by atoms with van der Waals surface area (Å²) in [6.45, 7) is 4.78. The molecule has 1 aliphatic carbocycles. The van der Waals surface area contributed by atoms with Gasteiger partial charge in [-0.2, -0.15) is 0 Å². The van der Waals surface area contributed by atoms with E-state index in [-0.39, 0.29) is 0 Å². The van der Waals surface area contributed by atoms with Crippen molar-refractivity contribution in [3.05, 3.63) is 0 Å². The molecule has 1 atom stereocenters. The second-order valence-corrected chi connectivity index (χ2v) is 5.43. The van der Waals surface area contributed by atoms with Crippen LogP contribution in [-0.2, 0) is 0 Å². The lowest BCUT2D eigenvalue weighted by atomic mass is 9.69. The van der Waals surface area contributed by atoms with Gasteiger partial charge < -0.3 is 0 Å². The zero-order valence-corrected chi connectivity index (χ0v) is 10.7. The van der Waals surface area contributed by atoms with E-state index in [2.05, 4.69) is 29.8 Å². The Morgan fingerprint density at radius 1 is 1.23 bits per heavy atom. The lowest BCUT2D eigenvalue weighted by Crippen LogP contribution is -2.30. The van der Waals surface area contributed by atoms with Crippen LogP contribution in [-0.4, -0.2) is 5.33 Å². The van der Waals surface area contributed by atoms with Crippen molar-refractivity contribution in [2.45, 2.75) is 58.8 Å². The van der Waals surface area contributed by atoms with E-state index >= 15 is 0 Å². The van der Waals surface area contributed by atoms with Crippen molar-refractivity contribution in [3.63, 3.8) is 0 Å². The molecule has 78 valence electrons. The van der Waals surface area contributed by atoms with Gasteiger partial charge in [0.1, 0.15) is 0 Å². The molecule has 1 unspecified atom stereocenters. The quantitative estimate of drug-likeness (QED) is 0.628. The van der Waals surface area contributed by atoms with Gasteiger partial charge in [0.05, 0.1) is 0 Å². The molecule has 0 aliphatic heterocycles. The standard InChI is InChI=1S/C12H23Br/c1-3-9-12(2,10-13)11-7-5-4-6-8-11/h11H,3-10H2,1-2H3. The van der Waals surface area contributed by atoms with Crippen molar-refractivity contribution in [3.8, 4) is 0 Å². The largest absolute Gasteiger partial charge is 0.0922 e. The Kier molecular flexibility index (Phi) is 4.78. The summed E-state index contributed by atoms with van der Waals surface area (Å²) < 4.78 is 0. The summed E-state index contributed by atoms with van der Waals surface area (Å²) in [7, 11) is 0. The number of halogens is 1. The highest BCUT2D eigenvalue weighted by molar-refractivity contribution is 9.09. The Labute approximate surface area is 91.6 Å². The Morgan fingerprint density at radius 2 is 1.85 bits per heavy atom. The van der Waals surface area contributed by atoms with Crippen LogP contribution in [0.15, 0.2) is 0 Å². The predicted octanol–water partition coefficient (Wildman–Crippen LogP) is 4.77. The number of hydrogen-bond acceptors (Lipinski definition) is 0. The first-order chi connectivity index (χ1) is 6.23. The first kappa shape index (κ1) is 11.6. The van der Waals surface area contributed by atoms with E-state index in [1.165, 1.54) is 50.3 Å². The average Bonchev–Trinajstić information content (AvgIpc) is 2.19. The molecule has 0 aromatic carbocycles. The van der Waals surface area contributed by atoms with Crippen LogP contribution in [0, 0.1) is 11.3 Å². The van der Waals surface area contributed by atoms with Crippen LogP contribution in [0.2, 0.25) is 0 Å². The Hall–Kier alpha value is 0.480. The van der Waals surface area contributed by atoms with Crippen LogP contribution in [0.3, 0.4) is 0 Å². The lowest BCUT2D eigenvalue weighted by Gasteiger charge is -2.38. The highest BCUT2D eigenvalue weighted by atomic mass is 79.9.